The second kappa shape index (κ2) is 7.92. The lowest BCUT2D eigenvalue weighted by Gasteiger charge is -2.10. The summed E-state index contributed by atoms with van der Waals surface area (Å²) in [6.45, 7) is 0.425. The molecule has 0 saturated carbocycles. The minimum atomic E-state index is -3.74. The molecule has 0 amide bonds. The van der Waals surface area contributed by atoms with Crippen LogP contribution in [0.3, 0.4) is 0 Å². The summed E-state index contributed by atoms with van der Waals surface area (Å²) in [6.07, 6.45) is 3.06. The SMILES string of the molecule is Nc1cc(F)c(Br)cc1S(=O)(=O)NCCCCCCO. The average molecular weight is 369 g/mol. The van der Waals surface area contributed by atoms with Gasteiger partial charge in [-0.3, -0.25) is 0 Å². The molecule has 1 rings (SSSR count). The lowest BCUT2D eigenvalue weighted by Crippen LogP contribution is -2.25. The number of halogens is 2. The molecule has 0 aliphatic carbocycles. The van der Waals surface area contributed by atoms with E-state index in [-0.39, 0.29) is 28.2 Å². The van der Waals surface area contributed by atoms with Crippen molar-refractivity contribution in [3.05, 3.63) is 22.4 Å². The first-order chi connectivity index (χ1) is 9.38. The van der Waals surface area contributed by atoms with Gasteiger partial charge in [0.05, 0.1) is 10.2 Å². The van der Waals surface area contributed by atoms with E-state index >= 15 is 0 Å². The lowest BCUT2D eigenvalue weighted by molar-refractivity contribution is 0.282. The van der Waals surface area contributed by atoms with Crippen molar-refractivity contribution in [1.29, 1.82) is 0 Å². The number of nitrogens with two attached hydrogens (primary N) is 1. The van der Waals surface area contributed by atoms with Gasteiger partial charge in [-0.1, -0.05) is 12.8 Å². The van der Waals surface area contributed by atoms with Gasteiger partial charge in [0, 0.05) is 13.2 Å². The zero-order valence-electron chi connectivity index (χ0n) is 10.9. The highest BCUT2D eigenvalue weighted by Gasteiger charge is 2.19. The van der Waals surface area contributed by atoms with Crippen LogP contribution in [0.2, 0.25) is 0 Å². The molecule has 114 valence electrons. The van der Waals surface area contributed by atoms with E-state index in [1.807, 2.05) is 0 Å². The molecule has 0 aliphatic heterocycles. The van der Waals surface area contributed by atoms with Gasteiger partial charge < -0.3 is 10.8 Å². The summed E-state index contributed by atoms with van der Waals surface area (Å²) in [6, 6.07) is 2.12. The highest BCUT2D eigenvalue weighted by molar-refractivity contribution is 9.10. The fourth-order valence-electron chi connectivity index (χ4n) is 1.65. The maximum Gasteiger partial charge on any atom is 0.242 e. The maximum atomic E-state index is 13.2. The Labute approximate surface area is 126 Å². The summed E-state index contributed by atoms with van der Waals surface area (Å²) in [5.41, 5.74) is 5.41. The van der Waals surface area contributed by atoms with Crippen molar-refractivity contribution in [2.75, 3.05) is 18.9 Å². The zero-order chi connectivity index (χ0) is 15.2. The Bertz CT molecular complexity index is 552. The van der Waals surface area contributed by atoms with E-state index in [0.29, 0.717) is 12.8 Å². The number of rotatable bonds is 8. The Morgan fingerprint density at radius 3 is 2.55 bits per heavy atom. The summed E-state index contributed by atoms with van der Waals surface area (Å²) in [7, 11) is -3.74. The number of nitrogens with one attached hydrogen (secondary N) is 1. The van der Waals surface area contributed by atoms with Crippen molar-refractivity contribution < 1.29 is 17.9 Å². The van der Waals surface area contributed by atoms with Crippen molar-refractivity contribution in [2.45, 2.75) is 30.6 Å². The molecular formula is C12H18BrFN2O3S. The van der Waals surface area contributed by atoms with Crippen molar-refractivity contribution in [2.24, 2.45) is 0 Å². The molecule has 0 aromatic heterocycles. The molecule has 0 fully saturated rings. The smallest absolute Gasteiger partial charge is 0.242 e. The third kappa shape index (κ3) is 5.01. The normalized spacial score (nSPS) is 11.8. The number of nitrogen functional groups attached to an aromatic ring is 1. The molecule has 0 saturated heterocycles. The van der Waals surface area contributed by atoms with Crippen LogP contribution in [0.4, 0.5) is 10.1 Å². The average Bonchev–Trinajstić information content (AvgIpc) is 2.37. The summed E-state index contributed by atoms with van der Waals surface area (Å²) in [4.78, 5) is -0.138. The van der Waals surface area contributed by atoms with Crippen LogP contribution in [0.5, 0.6) is 0 Å². The fraction of sp³-hybridized carbons (Fsp3) is 0.500. The van der Waals surface area contributed by atoms with Gasteiger partial charge in [-0.25, -0.2) is 17.5 Å². The van der Waals surface area contributed by atoms with Gasteiger partial charge in [-0.15, -0.1) is 0 Å². The number of aliphatic hydroxyl groups is 1. The Morgan fingerprint density at radius 1 is 1.25 bits per heavy atom. The molecule has 1 aromatic rings. The first kappa shape index (κ1) is 17.4. The highest BCUT2D eigenvalue weighted by Crippen LogP contribution is 2.25. The van der Waals surface area contributed by atoms with Gasteiger partial charge in [0.15, 0.2) is 0 Å². The summed E-state index contributed by atoms with van der Waals surface area (Å²) >= 11 is 2.94. The highest BCUT2D eigenvalue weighted by atomic mass is 79.9. The lowest BCUT2D eigenvalue weighted by atomic mass is 10.2. The minimum Gasteiger partial charge on any atom is -0.398 e. The summed E-state index contributed by atoms with van der Waals surface area (Å²) in [5, 5.41) is 8.62. The number of hydrogen-bond donors (Lipinski definition) is 3. The van der Waals surface area contributed by atoms with Crippen molar-refractivity contribution >= 4 is 31.6 Å². The third-order valence-corrected chi connectivity index (χ3v) is 4.84. The molecule has 4 N–H and O–H groups in total. The van der Waals surface area contributed by atoms with Gasteiger partial charge in [0.25, 0.3) is 0 Å². The fourth-order valence-corrected chi connectivity index (χ4v) is 3.36. The molecule has 0 atom stereocenters. The van der Waals surface area contributed by atoms with Gasteiger partial charge in [-0.2, -0.15) is 0 Å². The second-order valence-electron chi connectivity index (χ2n) is 4.34. The molecule has 1 aromatic carbocycles. The van der Waals surface area contributed by atoms with Crippen LogP contribution in [-0.2, 0) is 10.0 Å². The van der Waals surface area contributed by atoms with Crippen molar-refractivity contribution in [3.8, 4) is 0 Å². The van der Waals surface area contributed by atoms with Crippen LogP contribution in [-0.4, -0.2) is 26.7 Å². The predicted molar refractivity (Wildman–Crippen MR) is 79.3 cm³/mol. The van der Waals surface area contributed by atoms with Gasteiger partial charge in [-0.05, 0) is 40.9 Å². The van der Waals surface area contributed by atoms with Gasteiger partial charge in [0.1, 0.15) is 10.7 Å². The molecule has 0 spiro atoms. The summed E-state index contributed by atoms with van der Waals surface area (Å²) in [5.74, 6) is -0.606. The largest absolute Gasteiger partial charge is 0.398 e. The first-order valence-electron chi connectivity index (χ1n) is 6.23. The molecule has 0 bridgehead atoms. The Hall–Kier alpha value is -0.700. The number of sulfonamides is 1. The van der Waals surface area contributed by atoms with Crippen LogP contribution in [0.15, 0.2) is 21.5 Å². The van der Waals surface area contributed by atoms with E-state index in [4.69, 9.17) is 10.8 Å². The van der Waals surface area contributed by atoms with Crippen LogP contribution < -0.4 is 10.5 Å². The molecule has 8 heteroatoms. The van der Waals surface area contributed by atoms with Gasteiger partial charge >= 0.3 is 0 Å². The number of unbranched alkanes of at least 4 members (excludes halogenated alkanes) is 3. The number of anilines is 1. The number of hydrogen-bond acceptors (Lipinski definition) is 4. The monoisotopic (exact) mass is 368 g/mol. The molecule has 0 heterocycles. The zero-order valence-corrected chi connectivity index (χ0v) is 13.3. The maximum absolute atomic E-state index is 13.2. The quantitative estimate of drug-likeness (QED) is 0.483. The first-order valence-corrected chi connectivity index (χ1v) is 8.51. The molecule has 0 radical (unpaired) electrons. The Kier molecular flexibility index (Phi) is 6.87. The van der Waals surface area contributed by atoms with E-state index in [0.717, 1.165) is 25.0 Å². The second-order valence-corrected chi connectivity index (χ2v) is 6.93. The van der Waals surface area contributed by atoms with E-state index in [1.54, 1.807) is 0 Å². The van der Waals surface area contributed by atoms with Crippen molar-refractivity contribution in [1.82, 2.24) is 4.72 Å². The number of aliphatic hydroxyl groups excluding tert-OH is 1. The van der Waals surface area contributed by atoms with Gasteiger partial charge in [0.2, 0.25) is 10.0 Å². The molecule has 5 nitrogen and oxygen atoms in total. The molecule has 20 heavy (non-hydrogen) atoms. The van der Waals surface area contributed by atoms with E-state index in [1.165, 1.54) is 0 Å². The van der Waals surface area contributed by atoms with Crippen LogP contribution in [0, 0.1) is 5.82 Å². The molecular weight excluding hydrogens is 351 g/mol. The van der Waals surface area contributed by atoms with Crippen LogP contribution in [0.1, 0.15) is 25.7 Å². The molecule has 0 unspecified atom stereocenters. The third-order valence-electron chi connectivity index (χ3n) is 2.72. The minimum absolute atomic E-state index is 0.0509. The van der Waals surface area contributed by atoms with E-state index < -0.39 is 15.8 Å². The van der Waals surface area contributed by atoms with E-state index in [2.05, 4.69) is 20.7 Å². The van der Waals surface area contributed by atoms with Crippen molar-refractivity contribution in [3.63, 3.8) is 0 Å². The topological polar surface area (TPSA) is 92.4 Å². The predicted octanol–water partition coefficient (Wildman–Crippen LogP) is 2.00. The van der Waals surface area contributed by atoms with Crippen LogP contribution >= 0.6 is 15.9 Å². The number of benzene rings is 1. The Balaban J connectivity index is 2.63. The van der Waals surface area contributed by atoms with Crippen LogP contribution in [0.25, 0.3) is 0 Å². The van der Waals surface area contributed by atoms with E-state index in [9.17, 15) is 12.8 Å². The standard InChI is InChI=1S/C12H18BrFN2O3S/c13-9-7-12(11(15)8-10(9)14)20(18,19)16-5-3-1-2-4-6-17/h7-8,16-17H,1-6,15H2. The summed E-state index contributed by atoms with van der Waals surface area (Å²) < 4.78 is 39.7. The molecule has 0 aliphatic rings. The Morgan fingerprint density at radius 2 is 1.90 bits per heavy atom.